The zero-order valence-corrected chi connectivity index (χ0v) is 11.7. The van der Waals surface area contributed by atoms with Crippen LogP contribution in [0.3, 0.4) is 0 Å². The Morgan fingerprint density at radius 2 is 1.84 bits per heavy atom. The molecule has 112 valence electrons. The van der Waals surface area contributed by atoms with Crippen LogP contribution in [-0.4, -0.2) is 41.4 Å². The van der Waals surface area contributed by atoms with Crippen molar-refractivity contribution in [2.75, 3.05) is 13.1 Å². The van der Waals surface area contributed by atoms with E-state index in [2.05, 4.69) is 13.8 Å². The van der Waals surface area contributed by atoms with Crippen LogP contribution in [0.25, 0.3) is 0 Å². The quantitative estimate of drug-likeness (QED) is 0.797. The predicted molar refractivity (Wildman–Crippen MR) is 67.7 cm³/mol. The van der Waals surface area contributed by atoms with Crippen molar-refractivity contribution < 1.29 is 18.3 Å². The highest BCUT2D eigenvalue weighted by molar-refractivity contribution is 4.92. The number of rotatable bonds is 1. The minimum Gasteiger partial charge on any atom is -0.391 e. The number of alkyl halides is 3. The molecule has 2 fully saturated rings. The van der Waals surface area contributed by atoms with Crippen LogP contribution in [0.1, 0.15) is 39.5 Å². The highest BCUT2D eigenvalue weighted by Gasteiger charge is 2.45. The van der Waals surface area contributed by atoms with E-state index in [1.807, 2.05) is 4.90 Å². The van der Waals surface area contributed by atoms with Gasteiger partial charge < -0.3 is 5.11 Å². The number of hydrogen-bond donors (Lipinski definition) is 1. The number of aliphatic hydroxyl groups is 1. The van der Waals surface area contributed by atoms with Gasteiger partial charge in [0.2, 0.25) is 0 Å². The van der Waals surface area contributed by atoms with E-state index in [1.165, 1.54) is 0 Å². The first kappa shape index (κ1) is 15.1. The van der Waals surface area contributed by atoms with Crippen LogP contribution in [0.5, 0.6) is 0 Å². The third-order valence-corrected chi connectivity index (χ3v) is 4.73. The molecule has 0 aromatic carbocycles. The second kappa shape index (κ2) is 5.60. The van der Waals surface area contributed by atoms with Crippen LogP contribution < -0.4 is 0 Å². The van der Waals surface area contributed by atoms with Gasteiger partial charge in [0.05, 0.1) is 12.0 Å². The first-order valence-electron chi connectivity index (χ1n) is 7.28. The Morgan fingerprint density at radius 3 is 2.42 bits per heavy atom. The van der Waals surface area contributed by atoms with Crippen molar-refractivity contribution in [1.82, 2.24) is 4.90 Å². The predicted octanol–water partition coefficient (Wildman–Crippen LogP) is 3.06. The summed E-state index contributed by atoms with van der Waals surface area (Å²) in [5.74, 6) is -0.491. The van der Waals surface area contributed by atoms with Gasteiger partial charge in [0.25, 0.3) is 0 Å². The summed E-state index contributed by atoms with van der Waals surface area (Å²) in [6.45, 7) is 4.91. The summed E-state index contributed by atoms with van der Waals surface area (Å²) in [4.78, 5) is 1.89. The first-order valence-corrected chi connectivity index (χ1v) is 7.28. The molecule has 1 N–H and O–H groups in total. The number of nitrogens with zero attached hydrogens (tertiary/aromatic N) is 1. The van der Waals surface area contributed by atoms with E-state index >= 15 is 0 Å². The average molecular weight is 279 g/mol. The lowest BCUT2D eigenvalue weighted by Gasteiger charge is -2.46. The molecular weight excluding hydrogens is 255 g/mol. The summed E-state index contributed by atoms with van der Waals surface area (Å²) < 4.78 is 38.5. The molecule has 0 aromatic heterocycles. The van der Waals surface area contributed by atoms with E-state index in [1.54, 1.807) is 0 Å². The topological polar surface area (TPSA) is 23.5 Å². The molecule has 2 rings (SSSR count). The standard InChI is InChI=1S/C14H24F3NO/c1-9-6-10(2)13(12(19)7-9)18-5-3-4-11(8-18)14(15,16)17/h9-13,19H,3-8H2,1-2H3. The summed E-state index contributed by atoms with van der Waals surface area (Å²) >= 11 is 0. The van der Waals surface area contributed by atoms with Gasteiger partial charge in [0, 0.05) is 12.6 Å². The lowest BCUT2D eigenvalue weighted by Crippen LogP contribution is -2.55. The second-order valence-electron chi connectivity index (χ2n) is 6.49. The lowest BCUT2D eigenvalue weighted by atomic mass is 9.76. The molecule has 2 aliphatic rings. The van der Waals surface area contributed by atoms with E-state index < -0.39 is 18.2 Å². The molecule has 1 heterocycles. The fraction of sp³-hybridized carbons (Fsp3) is 1.00. The molecule has 1 aliphatic carbocycles. The summed E-state index contributed by atoms with van der Waals surface area (Å²) in [5.41, 5.74) is 0. The van der Waals surface area contributed by atoms with Gasteiger partial charge in [-0.05, 0) is 44.1 Å². The molecular formula is C14H24F3NO. The van der Waals surface area contributed by atoms with Gasteiger partial charge in [0.1, 0.15) is 0 Å². The van der Waals surface area contributed by atoms with Crippen LogP contribution in [0.2, 0.25) is 0 Å². The Kier molecular flexibility index (Phi) is 4.45. The molecule has 0 aromatic rings. The lowest BCUT2D eigenvalue weighted by molar-refractivity contribution is -0.193. The van der Waals surface area contributed by atoms with Crippen molar-refractivity contribution in [3.63, 3.8) is 0 Å². The molecule has 5 unspecified atom stereocenters. The maximum atomic E-state index is 12.8. The molecule has 5 atom stereocenters. The van der Waals surface area contributed by atoms with Crippen molar-refractivity contribution in [2.24, 2.45) is 17.8 Å². The highest BCUT2D eigenvalue weighted by atomic mass is 19.4. The summed E-state index contributed by atoms with van der Waals surface area (Å²) in [7, 11) is 0. The van der Waals surface area contributed by atoms with E-state index in [9.17, 15) is 18.3 Å². The fourth-order valence-electron chi connectivity index (χ4n) is 3.95. The van der Waals surface area contributed by atoms with Crippen LogP contribution in [0.4, 0.5) is 13.2 Å². The van der Waals surface area contributed by atoms with Crippen LogP contribution in [0.15, 0.2) is 0 Å². The van der Waals surface area contributed by atoms with Gasteiger partial charge in [-0.1, -0.05) is 13.8 Å². The third-order valence-electron chi connectivity index (χ3n) is 4.73. The van der Waals surface area contributed by atoms with Crippen molar-refractivity contribution in [2.45, 2.75) is 57.9 Å². The van der Waals surface area contributed by atoms with Gasteiger partial charge in [-0.15, -0.1) is 0 Å². The normalized spacial score (nSPS) is 42.3. The molecule has 1 aliphatic heterocycles. The summed E-state index contributed by atoms with van der Waals surface area (Å²) in [6, 6.07) is -0.0960. The number of halogens is 3. The fourth-order valence-corrected chi connectivity index (χ4v) is 3.95. The Balaban J connectivity index is 2.04. The van der Waals surface area contributed by atoms with Crippen molar-refractivity contribution in [3.05, 3.63) is 0 Å². The molecule has 2 nitrogen and oxygen atoms in total. The zero-order valence-electron chi connectivity index (χ0n) is 11.7. The maximum Gasteiger partial charge on any atom is 0.393 e. The number of hydrogen-bond acceptors (Lipinski definition) is 2. The molecule has 1 saturated heterocycles. The zero-order chi connectivity index (χ0) is 14.2. The maximum absolute atomic E-state index is 12.8. The first-order chi connectivity index (χ1) is 8.79. The van der Waals surface area contributed by atoms with Gasteiger partial charge >= 0.3 is 6.18 Å². The molecule has 5 heteroatoms. The van der Waals surface area contributed by atoms with E-state index in [4.69, 9.17) is 0 Å². The number of piperidine rings is 1. The van der Waals surface area contributed by atoms with Gasteiger partial charge in [0.15, 0.2) is 0 Å². The molecule has 0 spiro atoms. The molecule has 19 heavy (non-hydrogen) atoms. The van der Waals surface area contributed by atoms with Crippen molar-refractivity contribution in [3.8, 4) is 0 Å². The van der Waals surface area contributed by atoms with Gasteiger partial charge in [-0.3, -0.25) is 4.90 Å². The van der Waals surface area contributed by atoms with Crippen LogP contribution >= 0.6 is 0 Å². The average Bonchev–Trinajstić information content (AvgIpc) is 2.26. The Bertz CT molecular complexity index is 296. The molecule has 1 saturated carbocycles. The Hall–Kier alpha value is -0.290. The Morgan fingerprint density at radius 1 is 1.16 bits per heavy atom. The third kappa shape index (κ3) is 3.43. The largest absolute Gasteiger partial charge is 0.393 e. The van der Waals surface area contributed by atoms with Crippen LogP contribution in [0, 0.1) is 17.8 Å². The summed E-state index contributed by atoms with van der Waals surface area (Å²) in [6.07, 6.45) is -2.07. The van der Waals surface area contributed by atoms with Crippen molar-refractivity contribution >= 4 is 0 Å². The molecule has 0 radical (unpaired) electrons. The van der Waals surface area contributed by atoms with E-state index in [0.717, 1.165) is 6.42 Å². The number of likely N-dealkylation sites (tertiary alicyclic amines) is 1. The molecule has 0 amide bonds. The number of aliphatic hydroxyl groups excluding tert-OH is 1. The van der Waals surface area contributed by atoms with Gasteiger partial charge in [-0.25, -0.2) is 0 Å². The van der Waals surface area contributed by atoms with E-state index in [0.29, 0.717) is 25.3 Å². The van der Waals surface area contributed by atoms with Crippen LogP contribution in [-0.2, 0) is 0 Å². The smallest absolute Gasteiger partial charge is 0.391 e. The Labute approximate surface area is 113 Å². The highest BCUT2D eigenvalue weighted by Crippen LogP contribution is 2.38. The van der Waals surface area contributed by atoms with Crippen molar-refractivity contribution in [1.29, 1.82) is 0 Å². The minimum atomic E-state index is -4.10. The second-order valence-corrected chi connectivity index (χ2v) is 6.49. The summed E-state index contributed by atoms with van der Waals surface area (Å²) in [5, 5.41) is 10.2. The monoisotopic (exact) mass is 279 g/mol. The van der Waals surface area contributed by atoms with E-state index in [-0.39, 0.29) is 24.9 Å². The van der Waals surface area contributed by atoms with Gasteiger partial charge in [-0.2, -0.15) is 13.2 Å². The SMILES string of the molecule is CC1CC(C)C(N2CCCC(C(F)(F)F)C2)C(O)C1. The molecule has 0 bridgehead atoms. The minimum absolute atomic E-state index is 0.0595.